The Balaban J connectivity index is 2.20. The SMILES string of the molecule is CCOc1ncnc(N2CCC(N)C(C)C2)c1C. The predicted molar refractivity (Wildman–Crippen MR) is 71.9 cm³/mol. The van der Waals surface area contributed by atoms with Gasteiger partial charge in [-0.15, -0.1) is 0 Å². The van der Waals surface area contributed by atoms with Gasteiger partial charge in [0.25, 0.3) is 0 Å². The first-order valence-electron chi connectivity index (χ1n) is 6.58. The summed E-state index contributed by atoms with van der Waals surface area (Å²) in [6.07, 6.45) is 2.58. The molecule has 0 aromatic carbocycles. The first-order valence-corrected chi connectivity index (χ1v) is 6.58. The van der Waals surface area contributed by atoms with Crippen molar-refractivity contribution in [2.75, 3.05) is 24.6 Å². The number of ether oxygens (including phenoxy) is 1. The van der Waals surface area contributed by atoms with Gasteiger partial charge in [0.2, 0.25) is 5.88 Å². The fourth-order valence-electron chi connectivity index (χ4n) is 2.38. The Bertz CT molecular complexity index is 410. The zero-order valence-electron chi connectivity index (χ0n) is 11.4. The Morgan fingerprint density at radius 1 is 1.50 bits per heavy atom. The summed E-state index contributed by atoms with van der Waals surface area (Å²) < 4.78 is 5.51. The van der Waals surface area contributed by atoms with E-state index in [-0.39, 0.29) is 0 Å². The summed E-state index contributed by atoms with van der Waals surface area (Å²) in [6, 6.07) is 0.301. The number of aromatic nitrogens is 2. The predicted octanol–water partition coefficient (Wildman–Crippen LogP) is 1.36. The van der Waals surface area contributed by atoms with E-state index in [1.165, 1.54) is 0 Å². The van der Waals surface area contributed by atoms with Crippen molar-refractivity contribution in [3.05, 3.63) is 11.9 Å². The molecule has 0 saturated carbocycles. The van der Waals surface area contributed by atoms with E-state index in [0.29, 0.717) is 24.4 Å². The van der Waals surface area contributed by atoms with Crippen molar-refractivity contribution in [2.24, 2.45) is 11.7 Å². The molecule has 2 rings (SSSR count). The van der Waals surface area contributed by atoms with Crippen molar-refractivity contribution in [3.63, 3.8) is 0 Å². The first-order chi connectivity index (χ1) is 8.63. The standard InChI is InChI=1S/C13H22N4O/c1-4-18-13-10(3)12(15-8-16-13)17-6-5-11(14)9(2)7-17/h8-9,11H,4-7,14H2,1-3H3. The zero-order valence-corrected chi connectivity index (χ0v) is 11.4. The Morgan fingerprint density at radius 2 is 2.28 bits per heavy atom. The average molecular weight is 250 g/mol. The summed E-state index contributed by atoms with van der Waals surface area (Å²) in [5, 5.41) is 0. The molecule has 1 aliphatic heterocycles. The maximum atomic E-state index is 6.05. The number of nitrogens with zero attached hydrogens (tertiary/aromatic N) is 3. The molecule has 2 heterocycles. The second-order valence-electron chi connectivity index (χ2n) is 4.94. The molecule has 0 bridgehead atoms. The van der Waals surface area contributed by atoms with E-state index < -0.39 is 0 Å². The van der Waals surface area contributed by atoms with Crippen LogP contribution in [0.3, 0.4) is 0 Å². The van der Waals surface area contributed by atoms with Gasteiger partial charge in [0, 0.05) is 19.1 Å². The monoisotopic (exact) mass is 250 g/mol. The van der Waals surface area contributed by atoms with E-state index in [2.05, 4.69) is 21.8 Å². The Morgan fingerprint density at radius 3 is 2.94 bits per heavy atom. The number of anilines is 1. The third kappa shape index (κ3) is 2.56. The second kappa shape index (κ2) is 5.52. The van der Waals surface area contributed by atoms with E-state index in [0.717, 1.165) is 30.9 Å². The first kappa shape index (κ1) is 13.1. The van der Waals surface area contributed by atoms with Gasteiger partial charge in [0.05, 0.1) is 12.2 Å². The van der Waals surface area contributed by atoms with Crippen LogP contribution < -0.4 is 15.4 Å². The summed E-state index contributed by atoms with van der Waals surface area (Å²) in [7, 11) is 0. The Labute approximate surface area is 108 Å². The van der Waals surface area contributed by atoms with Crippen molar-refractivity contribution in [1.82, 2.24) is 9.97 Å². The summed E-state index contributed by atoms with van der Waals surface area (Å²) in [6.45, 7) is 8.69. The van der Waals surface area contributed by atoms with Crippen LogP contribution in [0.5, 0.6) is 5.88 Å². The third-order valence-corrected chi connectivity index (χ3v) is 3.56. The number of rotatable bonds is 3. The summed E-state index contributed by atoms with van der Waals surface area (Å²) in [4.78, 5) is 10.9. The van der Waals surface area contributed by atoms with E-state index in [1.54, 1.807) is 6.33 Å². The molecule has 1 aliphatic rings. The minimum atomic E-state index is 0.301. The molecule has 5 nitrogen and oxygen atoms in total. The van der Waals surface area contributed by atoms with Crippen LogP contribution in [0.25, 0.3) is 0 Å². The Kier molecular flexibility index (Phi) is 4.01. The molecule has 2 N–H and O–H groups in total. The highest BCUT2D eigenvalue weighted by atomic mass is 16.5. The molecular weight excluding hydrogens is 228 g/mol. The molecular formula is C13H22N4O. The van der Waals surface area contributed by atoms with E-state index in [9.17, 15) is 0 Å². The molecule has 18 heavy (non-hydrogen) atoms. The Hall–Kier alpha value is -1.36. The van der Waals surface area contributed by atoms with Gasteiger partial charge < -0.3 is 15.4 Å². The largest absolute Gasteiger partial charge is 0.478 e. The van der Waals surface area contributed by atoms with Gasteiger partial charge in [-0.25, -0.2) is 9.97 Å². The van der Waals surface area contributed by atoms with Crippen molar-refractivity contribution in [1.29, 1.82) is 0 Å². The van der Waals surface area contributed by atoms with Gasteiger partial charge in [-0.05, 0) is 26.2 Å². The molecule has 5 heteroatoms. The van der Waals surface area contributed by atoms with Crippen LogP contribution in [-0.4, -0.2) is 35.7 Å². The molecule has 1 aromatic rings. The van der Waals surface area contributed by atoms with Crippen molar-refractivity contribution in [2.45, 2.75) is 33.2 Å². The molecule has 0 spiro atoms. The summed E-state index contributed by atoms with van der Waals surface area (Å²) in [5.41, 5.74) is 7.07. The molecule has 0 aliphatic carbocycles. The number of hydrogen-bond donors (Lipinski definition) is 1. The maximum absolute atomic E-state index is 6.05. The lowest BCUT2D eigenvalue weighted by molar-refractivity contribution is 0.322. The van der Waals surface area contributed by atoms with Gasteiger partial charge >= 0.3 is 0 Å². The van der Waals surface area contributed by atoms with Gasteiger partial charge in [0.15, 0.2) is 0 Å². The molecule has 1 saturated heterocycles. The number of nitrogens with two attached hydrogens (primary N) is 1. The van der Waals surface area contributed by atoms with Crippen molar-refractivity contribution < 1.29 is 4.74 Å². The minimum Gasteiger partial charge on any atom is -0.478 e. The molecule has 2 unspecified atom stereocenters. The molecule has 100 valence electrons. The van der Waals surface area contributed by atoms with Crippen LogP contribution in [0.2, 0.25) is 0 Å². The maximum Gasteiger partial charge on any atom is 0.221 e. The van der Waals surface area contributed by atoms with Crippen LogP contribution in [0.4, 0.5) is 5.82 Å². The van der Waals surface area contributed by atoms with Crippen LogP contribution in [0.1, 0.15) is 25.8 Å². The highest BCUT2D eigenvalue weighted by Crippen LogP contribution is 2.27. The smallest absolute Gasteiger partial charge is 0.221 e. The average Bonchev–Trinajstić information content (AvgIpc) is 2.36. The van der Waals surface area contributed by atoms with Gasteiger partial charge in [-0.2, -0.15) is 0 Å². The van der Waals surface area contributed by atoms with Gasteiger partial charge in [-0.3, -0.25) is 0 Å². The van der Waals surface area contributed by atoms with Crippen LogP contribution >= 0.6 is 0 Å². The molecule has 2 atom stereocenters. The lowest BCUT2D eigenvalue weighted by atomic mass is 9.94. The fraction of sp³-hybridized carbons (Fsp3) is 0.692. The number of hydrogen-bond acceptors (Lipinski definition) is 5. The van der Waals surface area contributed by atoms with Gasteiger partial charge in [0.1, 0.15) is 12.1 Å². The lowest BCUT2D eigenvalue weighted by Crippen LogP contribution is -2.46. The second-order valence-corrected chi connectivity index (χ2v) is 4.94. The van der Waals surface area contributed by atoms with E-state index in [4.69, 9.17) is 10.5 Å². The third-order valence-electron chi connectivity index (χ3n) is 3.56. The highest BCUT2D eigenvalue weighted by Gasteiger charge is 2.25. The van der Waals surface area contributed by atoms with E-state index in [1.807, 2.05) is 13.8 Å². The quantitative estimate of drug-likeness (QED) is 0.877. The zero-order chi connectivity index (χ0) is 13.1. The van der Waals surface area contributed by atoms with Crippen LogP contribution in [-0.2, 0) is 0 Å². The lowest BCUT2D eigenvalue weighted by Gasteiger charge is -2.36. The molecule has 1 aromatic heterocycles. The summed E-state index contributed by atoms with van der Waals surface area (Å²) in [5.74, 6) is 2.15. The summed E-state index contributed by atoms with van der Waals surface area (Å²) >= 11 is 0. The number of piperidine rings is 1. The van der Waals surface area contributed by atoms with Crippen molar-refractivity contribution in [3.8, 4) is 5.88 Å². The van der Waals surface area contributed by atoms with E-state index >= 15 is 0 Å². The fourth-order valence-corrected chi connectivity index (χ4v) is 2.38. The van der Waals surface area contributed by atoms with Crippen LogP contribution in [0, 0.1) is 12.8 Å². The molecule has 0 amide bonds. The minimum absolute atomic E-state index is 0.301. The molecule has 1 fully saturated rings. The van der Waals surface area contributed by atoms with Gasteiger partial charge in [-0.1, -0.05) is 6.92 Å². The topological polar surface area (TPSA) is 64.3 Å². The highest BCUT2D eigenvalue weighted by molar-refractivity contribution is 5.50. The van der Waals surface area contributed by atoms with Crippen LogP contribution in [0.15, 0.2) is 6.33 Å². The van der Waals surface area contributed by atoms with Crippen molar-refractivity contribution >= 4 is 5.82 Å². The normalized spacial score (nSPS) is 24.1. The molecule has 0 radical (unpaired) electrons.